The lowest BCUT2D eigenvalue weighted by atomic mass is 9.94. The summed E-state index contributed by atoms with van der Waals surface area (Å²) in [6.45, 7) is 7.61. The summed E-state index contributed by atoms with van der Waals surface area (Å²) in [5, 5.41) is 14.8. The van der Waals surface area contributed by atoms with Crippen LogP contribution in [0.3, 0.4) is 0 Å². The minimum Gasteiger partial charge on any atom is -0.489 e. The summed E-state index contributed by atoms with van der Waals surface area (Å²) in [6, 6.07) is 19.6. The van der Waals surface area contributed by atoms with Gasteiger partial charge in [-0.1, -0.05) is 24.3 Å². The Kier molecular flexibility index (Phi) is 9.65. The number of aryl methyl sites for hydroxylation is 1. The first-order valence-electron chi connectivity index (χ1n) is 12.0. The molecule has 196 valence electrons. The van der Waals surface area contributed by atoms with E-state index in [1.165, 1.54) is 14.0 Å². The molecule has 4 rings (SSSR count). The fraction of sp³-hybridized carbons (Fsp3) is 0.310. The topological polar surface area (TPSA) is 106 Å². The number of hydrogen-bond donors (Lipinski definition) is 3. The maximum Gasteiger partial charge on any atom is 0.302 e. The van der Waals surface area contributed by atoms with Crippen LogP contribution in [0.25, 0.3) is 10.9 Å². The normalized spacial score (nSPS) is 11.8. The third-order valence-electron chi connectivity index (χ3n) is 5.54. The molecule has 0 fully saturated rings. The predicted octanol–water partition coefficient (Wildman–Crippen LogP) is 5.15. The number of rotatable bonds is 9. The molecule has 0 aliphatic heterocycles. The lowest BCUT2D eigenvalue weighted by Crippen LogP contribution is -2.49. The van der Waals surface area contributed by atoms with Gasteiger partial charge in [0.1, 0.15) is 24.3 Å². The van der Waals surface area contributed by atoms with Crippen molar-refractivity contribution in [3.05, 3.63) is 84.2 Å². The van der Waals surface area contributed by atoms with Gasteiger partial charge in [-0.2, -0.15) is 0 Å². The van der Waals surface area contributed by atoms with Crippen LogP contribution in [-0.2, 0) is 16.0 Å². The van der Waals surface area contributed by atoms with Gasteiger partial charge in [0.15, 0.2) is 0 Å². The number of pyridine rings is 1. The molecular weight excluding hydrogens is 470 g/mol. The Morgan fingerprint density at radius 3 is 2.51 bits per heavy atom. The van der Waals surface area contributed by atoms with Gasteiger partial charge in [-0.3, -0.25) is 10.1 Å². The Morgan fingerprint density at radius 2 is 1.84 bits per heavy atom. The Morgan fingerprint density at radius 1 is 1.11 bits per heavy atom. The molecule has 2 heterocycles. The van der Waals surface area contributed by atoms with Crippen LogP contribution >= 0.6 is 0 Å². The Balaban J connectivity index is 0.000000695. The van der Waals surface area contributed by atoms with Gasteiger partial charge in [0.05, 0.1) is 7.11 Å². The molecule has 0 saturated heterocycles. The number of nitrogens with zero attached hydrogens (tertiary/aromatic N) is 1. The monoisotopic (exact) mass is 505 g/mol. The van der Waals surface area contributed by atoms with Crippen molar-refractivity contribution in [2.75, 3.05) is 13.7 Å². The molecule has 0 spiro atoms. The van der Waals surface area contributed by atoms with Gasteiger partial charge in [0.2, 0.25) is 5.88 Å². The number of ether oxygens (including phenoxy) is 3. The SMILES string of the molecule is COC(C)=O.Cc1cccnc1Oc1ccc(CC(C)(C)NC(O)COc2cccc3[nH]ccc23)cc1. The molecule has 0 amide bonds. The number of aromatic nitrogens is 2. The van der Waals surface area contributed by atoms with Gasteiger partial charge >= 0.3 is 5.97 Å². The van der Waals surface area contributed by atoms with Crippen molar-refractivity contribution in [3.8, 4) is 17.4 Å². The van der Waals surface area contributed by atoms with E-state index in [2.05, 4.69) is 33.9 Å². The second-order valence-electron chi connectivity index (χ2n) is 9.29. The number of esters is 1. The van der Waals surface area contributed by atoms with Gasteiger partial charge in [-0.15, -0.1) is 0 Å². The van der Waals surface area contributed by atoms with E-state index >= 15 is 0 Å². The van der Waals surface area contributed by atoms with Gasteiger partial charge in [0.25, 0.3) is 0 Å². The summed E-state index contributed by atoms with van der Waals surface area (Å²) in [5.74, 6) is 1.86. The van der Waals surface area contributed by atoms with Gasteiger partial charge in [0, 0.05) is 41.3 Å². The van der Waals surface area contributed by atoms with Crippen LogP contribution in [-0.4, -0.2) is 46.5 Å². The van der Waals surface area contributed by atoms with Crippen molar-refractivity contribution in [3.63, 3.8) is 0 Å². The van der Waals surface area contributed by atoms with E-state index in [1.807, 2.05) is 73.8 Å². The molecule has 2 aromatic carbocycles. The number of methoxy groups -OCH3 is 1. The minimum absolute atomic E-state index is 0.157. The summed E-state index contributed by atoms with van der Waals surface area (Å²) < 4.78 is 15.8. The number of aliphatic hydroxyl groups excluding tert-OH is 1. The summed E-state index contributed by atoms with van der Waals surface area (Å²) in [5.41, 5.74) is 2.81. The number of nitrogens with one attached hydrogen (secondary N) is 2. The first kappa shape index (κ1) is 27.7. The van der Waals surface area contributed by atoms with Crippen LogP contribution in [0.4, 0.5) is 0 Å². The number of fused-ring (bicyclic) bond motifs is 1. The van der Waals surface area contributed by atoms with E-state index in [0.29, 0.717) is 5.88 Å². The number of aromatic amines is 1. The van der Waals surface area contributed by atoms with Gasteiger partial charge in [-0.05, 0) is 69.2 Å². The van der Waals surface area contributed by atoms with Crippen LogP contribution in [0.1, 0.15) is 31.9 Å². The summed E-state index contributed by atoms with van der Waals surface area (Å²) in [7, 11) is 1.35. The number of aliphatic hydroxyl groups is 1. The maximum atomic E-state index is 10.5. The predicted molar refractivity (Wildman–Crippen MR) is 144 cm³/mol. The highest BCUT2D eigenvalue weighted by Crippen LogP contribution is 2.25. The third kappa shape index (κ3) is 8.63. The molecule has 8 nitrogen and oxygen atoms in total. The molecule has 0 bridgehead atoms. The van der Waals surface area contributed by atoms with Gasteiger partial charge < -0.3 is 24.3 Å². The average Bonchev–Trinajstić information content (AvgIpc) is 3.35. The van der Waals surface area contributed by atoms with E-state index in [4.69, 9.17) is 9.47 Å². The number of carbonyl (C=O) groups is 1. The van der Waals surface area contributed by atoms with Crippen molar-refractivity contribution < 1.29 is 24.1 Å². The van der Waals surface area contributed by atoms with E-state index in [1.54, 1.807) is 6.20 Å². The highest BCUT2D eigenvalue weighted by molar-refractivity contribution is 5.85. The smallest absolute Gasteiger partial charge is 0.302 e. The lowest BCUT2D eigenvalue weighted by molar-refractivity contribution is -0.137. The number of hydrogen-bond acceptors (Lipinski definition) is 7. The van der Waals surface area contributed by atoms with Crippen LogP contribution in [0, 0.1) is 6.92 Å². The van der Waals surface area contributed by atoms with Crippen molar-refractivity contribution in [1.82, 2.24) is 15.3 Å². The van der Waals surface area contributed by atoms with Crippen LogP contribution in [0.5, 0.6) is 17.4 Å². The second kappa shape index (κ2) is 12.9. The highest BCUT2D eigenvalue weighted by Gasteiger charge is 2.22. The maximum absolute atomic E-state index is 10.5. The lowest BCUT2D eigenvalue weighted by Gasteiger charge is -2.29. The zero-order valence-corrected chi connectivity index (χ0v) is 21.9. The molecular formula is C29H35N3O5. The standard InChI is InChI=1S/C26H29N3O3.C3H6O2/c1-18-6-5-14-28-25(18)32-20-11-9-19(10-12-20)16-26(2,3)29-24(30)17-31-23-8-4-7-22-21(23)13-15-27-22;1-3(4)5-2/h4-15,24,27,29-30H,16-17H2,1-3H3;1-2H3. The third-order valence-corrected chi connectivity index (χ3v) is 5.54. The van der Waals surface area contributed by atoms with E-state index in [0.717, 1.165) is 39.9 Å². The highest BCUT2D eigenvalue weighted by atomic mass is 16.5. The molecule has 0 saturated carbocycles. The summed E-state index contributed by atoms with van der Waals surface area (Å²) in [6.07, 6.45) is 3.54. The largest absolute Gasteiger partial charge is 0.489 e. The van der Waals surface area contributed by atoms with Crippen molar-refractivity contribution in [2.45, 2.75) is 45.9 Å². The van der Waals surface area contributed by atoms with Crippen molar-refractivity contribution in [2.24, 2.45) is 0 Å². The molecule has 4 aromatic rings. The van der Waals surface area contributed by atoms with Crippen molar-refractivity contribution in [1.29, 1.82) is 0 Å². The first-order chi connectivity index (χ1) is 17.7. The molecule has 1 unspecified atom stereocenters. The number of carbonyl (C=O) groups excluding carboxylic acids is 1. The average molecular weight is 506 g/mol. The summed E-state index contributed by atoms with van der Waals surface area (Å²) in [4.78, 5) is 17.0. The Labute approximate surface area is 217 Å². The van der Waals surface area contributed by atoms with Crippen molar-refractivity contribution >= 4 is 16.9 Å². The molecule has 0 aliphatic rings. The quantitative estimate of drug-likeness (QED) is 0.213. The zero-order chi connectivity index (χ0) is 26.8. The molecule has 1 atom stereocenters. The Bertz CT molecular complexity index is 1280. The van der Waals surface area contributed by atoms with E-state index < -0.39 is 6.23 Å². The van der Waals surface area contributed by atoms with Crippen LogP contribution in [0.15, 0.2) is 73.1 Å². The molecule has 8 heteroatoms. The molecule has 0 radical (unpaired) electrons. The van der Waals surface area contributed by atoms with E-state index in [9.17, 15) is 9.90 Å². The fourth-order valence-electron chi connectivity index (χ4n) is 3.77. The second-order valence-corrected chi connectivity index (χ2v) is 9.29. The molecule has 0 aliphatic carbocycles. The Hall–Kier alpha value is -3.88. The summed E-state index contributed by atoms with van der Waals surface area (Å²) >= 11 is 0. The fourth-order valence-corrected chi connectivity index (χ4v) is 3.77. The van der Waals surface area contributed by atoms with Crippen LogP contribution in [0.2, 0.25) is 0 Å². The number of H-pyrrole nitrogens is 1. The molecule has 37 heavy (non-hydrogen) atoms. The molecule has 2 aromatic heterocycles. The minimum atomic E-state index is -0.797. The van der Waals surface area contributed by atoms with Crippen LogP contribution < -0.4 is 14.8 Å². The first-order valence-corrected chi connectivity index (χ1v) is 12.0. The van der Waals surface area contributed by atoms with Gasteiger partial charge in [-0.25, -0.2) is 4.98 Å². The zero-order valence-electron chi connectivity index (χ0n) is 21.9. The molecule has 3 N–H and O–H groups in total. The van der Waals surface area contributed by atoms with E-state index in [-0.39, 0.29) is 18.1 Å². The number of benzene rings is 2.